The molecule has 17 heavy (non-hydrogen) atoms. The molecule has 0 amide bonds. The van der Waals surface area contributed by atoms with E-state index in [4.69, 9.17) is 4.74 Å². The van der Waals surface area contributed by atoms with Crippen LogP contribution in [0, 0.1) is 11.6 Å². The Morgan fingerprint density at radius 1 is 1.24 bits per heavy atom. The first-order chi connectivity index (χ1) is 8.10. The number of rotatable bonds is 6. The van der Waals surface area contributed by atoms with Crippen LogP contribution in [-0.4, -0.2) is 26.3 Å². The van der Waals surface area contributed by atoms with E-state index in [2.05, 4.69) is 5.32 Å². The molecule has 1 N–H and O–H groups in total. The van der Waals surface area contributed by atoms with Gasteiger partial charge < -0.3 is 10.1 Å². The van der Waals surface area contributed by atoms with Gasteiger partial charge in [0.2, 0.25) is 0 Å². The average molecular weight is 243 g/mol. The largest absolute Gasteiger partial charge is 0.380 e. The minimum atomic E-state index is -0.541. The number of ether oxygens (including phenoxy) is 1. The molecule has 2 atom stereocenters. The maximum absolute atomic E-state index is 13.1. The van der Waals surface area contributed by atoms with Crippen LogP contribution in [0.15, 0.2) is 18.2 Å². The molecule has 96 valence electrons. The minimum Gasteiger partial charge on any atom is -0.380 e. The molecule has 2 unspecified atom stereocenters. The molecule has 0 spiro atoms. The maximum Gasteiger partial charge on any atom is 0.126 e. The normalized spacial score (nSPS) is 14.6. The van der Waals surface area contributed by atoms with Gasteiger partial charge in [-0.2, -0.15) is 0 Å². The Balaban J connectivity index is 2.79. The summed E-state index contributed by atoms with van der Waals surface area (Å²) in [7, 11) is 3.46. The van der Waals surface area contributed by atoms with Crippen LogP contribution in [0.1, 0.15) is 18.9 Å². The lowest BCUT2D eigenvalue weighted by atomic mass is 9.99. The van der Waals surface area contributed by atoms with E-state index in [0.29, 0.717) is 12.0 Å². The number of benzene rings is 1. The average Bonchev–Trinajstić information content (AvgIpc) is 2.27. The van der Waals surface area contributed by atoms with Gasteiger partial charge >= 0.3 is 0 Å². The topological polar surface area (TPSA) is 21.3 Å². The predicted molar refractivity (Wildman–Crippen MR) is 64.0 cm³/mol. The molecule has 1 aromatic carbocycles. The number of hydrogen-bond donors (Lipinski definition) is 1. The van der Waals surface area contributed by atoms with E-state index in [0.717, 1.165) is 12.5 Å². The summed E-state index contributed by atoms with van der Waals surface area (Å²) in [5.74, 6) is -1.08. The summed E-state index contributed by atoms with van der Waals surface area (Å²) < 4.78 is 31.4. The standard InChI is InChI=1S/C13H19F2NO/c1-4-13(17-3)12(16-2)7-9-5-10(14)8-11(15)6-9/h5-6,8,12-13,16H,4,7H2,1-3H3. The fourth-order valence-corrected chi connectivity index (χ4v) is 2.02. The molecule has 1 aromatic rings. The van der Waals surface area contributed by atoms with Gasteiger partial charge in [-0.1, -0.05) is 6.92 Å². The van der Waals surface area contributed by atoms with E-state index >= 15 is 0 Å². The third kappa shape index (κ3) is 4.06. The lowest BCUT2D eigenvalue weighted by molar-refractivity contribution is 0.0677. The van der Waals surface area contributed by atoms with E-state index in [1.54, 1.807) is 7.11 Å². The van der Waals surface area contributed by atoms with E-state index in [9.17, 15) is 8.78 Å². The SMILES string of the molecule is CCC(OC)C(Cc1cc(F)cc(F)c1)NC. The fraction of sp³-hybridized carbons (Fsp3) is 0.538. The van der Waals surface area contributed by atoms with Gasteiger partial charge in [0.05, 0.1) is 6.10 Å². The van der Waals surface area contributed by atoms with Crippen LogP contribution in [0.3, 0.4) is 0 Å². The lowest BCUT2D eigenvalue weighted by Crippen LogP contribution is -2.40. The van der Waals surface area contributed by atoms with Crippen molar-refractivity contribution in [2.45, 2.75) is 31.9 Å². The van der Waals surface area contributed by atoms with Crippen molar-refractivity contribution in [1.82, 2.24) is 5.32 Å². The van der Waals surface area contributed by atoms with Crippen molar-refractivity contribution in [3.05, 3.63) is 35.4 Å². The third-order valence-corrected chi connectivity index (χ3v) is 2.90. The zero-order valence-electron chi connectivity index (χ0n) is 10.5. The third-order valence-electron chi connectivity index (χ3n) is 2.90. The Labute approximate surface area is 101 Å². The van der Waals surface area contributed by atoms with Crippen molar-refractivity contribution >= 4 is 0 Å². The second-order valence-corrected chi connectivity index (χ2v) is 4.06. The first-order valence-electron chi connectivity index (χ1n) is 5.75. The Kier molecular flexibility index (Phi) is 5.51. The first-order valence-corrected chi connectivity index (χ1v) is 5.75. The molecule has 0 fully saturated rings. The van der Waals surface area contributed by atoms with Crippen LogP contribution >= 0.6 is 0 Å². The summed E-state index contributed by atoms with van der Waals surface area (Å²) in [4.78, 5) is 0. The van der Waals surface area contributed by atoms with E-state index in [1.165, 1.54) is 12.1 Å². The Morgan fingerprint density at radius 3 is 2.24 bits per heavy atom. The van der Waals surface area contributed by atoms with Crippen molar-refractivity contribution < 1.29 is 13.5 Å². The smallest absolute Gasteiger partial charge is 0.126 e. The lowest BCUT2D eigenvalue weighted by Gasteiger charge is -2.24. The minimum absolute atomic E-state index is 0.0336. The Morgan fingerprint density at radius 2 is 1.82 bits per heavy atom. The molecule has 0 aliphatic carbocycles. The van der Waals surface area contributed by atoms with Gasteiger partial charge in [0.15, 0.2) is 0 Å². The van der Waals surface area contributed by atoms with Gasteiger partial charge in [0, 0.05) is 19.2 Å². The van der Waals surface area contributed by atoms with Gasteiger partial charge in [-0.25, -0.2) is 8.78 Å². The predicted octanol–water partition coefficient (Wildman–Crippen LogP) is 2.52. The highest BCUT2D eigenvalue weighted by atomic mass is 19.1. The van der Waals surface area contributed by atoms with Gasteiger partial charge in [-0.15, -0.1) is 0 Å². The van der Waals surface area contributed by atoms with Gasteiger partial charge in [-0.05, 0) is 37.6 Å². The second kappa shape index (κ2) is 6.67. The Hall–Kier alpha value is -1.00. The van der Waals surface area contributed by atoms with Crippen molar-refractivity contribution in [2.24, 2.45) is 0 Å². The highest BCUT2D eigenvalue weighted by Gasteiger charge is 2.18. The van der Waals surface area contributed by atoms with Gasteiger partial charge in [0.25, 0.3) is 0 Å². The van der Waals surface area contributed by atoms with E-state index in [-0.39, 0.29) is 12.1 Å². The summed E-state index contributed by atoms with van der Waals surface area (Å²) in [6, 6.07) is 3.64. The van der Waals surface area contributed by atoms with Crippen LogP contribution in [0.25, 0.3) is 0 Å². The van der Waals surface area contributed by atoms with Crippen LogP contribution in [0.2, 0.25) is 0 Å². The van der Waals surface area contributed by atoms with Crippen molar-refractivity contribution in [2.75, 3.05) is 14.2 Å². The summed E-state index contributed by atoms with van der Waals surface area (Å²) >= 11 is 0. The summed E-state index contributed by atoms with van der Waals surface area (Å²) in [6.07, 6.45) is 1.42. The van der Waals surface area contributed by atoms with E-state index < -0.39 is 11.6 Å². The summed E-state index contributed by atoms with van der Waals surface area (Å²) in [5.41, 5.74) is 0.636. The van der Waals surface area contributed by atoms with Gasteiger partial charge in [0.1, 0.15) is 11.6 Å². The van der Waals surface area contributed by atoms with Crippen molar-refractivity contribution in [1.29, 1.82) is 0 Å². The monoisotopic (exact) mass is 243 g/mol. The quantitative estimate of drug-likeness (QED) is 0.829. The maximum atomic E-state index is 13.1. The number of halogens is 2. The highest BCUT2D eigenvalue weighted by molar-refractivity contribution is 5.19. The molecule has 4 heteroatoms. The number of methoxy groups -OCH3 is 1. The molecule has 2 nitrogen and oxygen atoms in total. The van der Waals surface area contributed by atoms with Crippen molar-refractivity contribution in [3.63, 3.8) is 0 Å². The summed E-state index contributed by atoms with van der Waals surface area (Å²) in [6.45, 7) is 2.02. The molecular formula is C13H19F2NO. The van der Waals surface area contributed by atoms with Gasteiger partial charge in [-0.3, -0.25) is 0 Å². The Bertz CT molecular complexity index is 333. The molecule has 1 rings (SSSR count). The molecule has 0 heterocycles. The van der Waals surface area contributed by atoms with Crippen LogP contribution in [0.4, 0.5) is 8.78 Å². The van der Waals surface area contributed by atoms with Crippen LogP contribution in [0.5, 0.6) is 0 Å². The number of hydrogen-bond acceptors (Lipinski definition) is 2. The molecule has 0 aliphatic rings. The highest BCUT2D eigenvalue weighted by Crippen LogP contribution is 2.13. The molecule has 0 bridgehead atoms. The molecule has 0 saturated heterocycles. The second-order valence-electron chi connectivity index (χ2n) is 4.06. The zero-order valence-corrected chi connectivity index (χ0v) is 10.5. The fourth-order valence-electron chi connectivity index (χ4n) is 2.02. The van der Waals surface area contributed by atoms with Crippen molar-refractivity contribution in [3.8, 4) is 0 Å². The zero-order chi connectivity index (χ0) is 12.8. The molecule has 0 aromatic heterocycles. The van der Waals surface area contributed by atoms with Crippen LogP contribution in [-0.2, 0) is 11.2 Å². The number of likely N-dealkylation sites (N-methyl/N-ethyl adjacent to an activating group) is 1. The van der Waals surface area contributed by atoms with E-state index in [1.807, 2.05) is 14.0 Å². The first kappa shape index (κ1) is 14.1. The molecule has 0 radical (unpaired) electrons. The summed E-state index contributed by atoms with van der Waals surface area (Å²) in [5, 5.41) is 3.12. The molecule has 0 aliphatic heterocycles. The molecular weight excluding hydrogens is 224 g/mol. The van der Waals surface area contributed by atoms with Crippen LogP contribution < -0.4 is 5.32 Å². The molecule has 0 saturated carbocycles. The number of nitrogens with one attached hydrogen (secondary N) is 1.